The molecular weight excluding hydrogens is 378 g/mol. The molecule has 148 valence electrons. The molecule has 2 aromatic rings. The van der Waals surface area contributed by atoms with Crippen molar-refractivity contribution in [2.24, 2.45) is 4.99 Å². The highest BCUT2D eigenvalue weighted by atomic mass is 16.6. The van der Waals surface area contributed by atoms with Gasteiger partial charge >= 0.3 is 17.9 Å². The molecule has 0 unspecified atom stereocenters. The van der Waals surface area contributed by atoms with Crippen LogP contribution in [-0.2, 0) is 19.1 Å². The minimum Gasteiger partial charge on any atom is -0.497 e. The van der Waals surface area contributed by atoms with E-state index in [0.29, 0.717) is 16.9 Å². The predicted molar refractivity (Wildman–Crippen MR) is 103 cm³/mol. The summed E-state index contributed by atoms with van der Waals surface area (Å²) in [4.78, 5) is 39.0. The molecule has 0 aliphatic carbocycles. The van der Waals surface area contributed by atoms with Crippen molar-refractivity contribution in [2.45, 2.75) is 13.8 Å². The summed E-state index contributed by atoms with van der Waals surface area (Å²) in [5, 5.41) is 0. The standard InChI is InChI=1S/C21H17NO7/c1-12(23)27-18-8-7-14(10-19(18)28-13(2)24)9-17-21(25)29-20(22-17)15-5-4-6-16(11-15)26-3/h4-11H,1-3H3. The van der Waals surface area contributed by atoms with Crippen LogP contribution in [0.4, 0.5) is 0 Å². The summed E-state index contributed by atoms with van der Waals surface area (Å²) in [6, 6.07) is 11.5. The number of carbonyl (C=O) groups is 3. The molecule has 0 spiro atoms. The van der Waals surface area contributed by atoms with Crippen LogP contribution in [-0.4, -0.2) is 30.9 Å². The van der Waals surface area contributed by atoms with E-state index in [0.717, 1.165) is 0 Å². The van der Waals surface area contributed by atoms with E-state index in [1.54, 1.807) is 30.3 Å². The maximum absolute atomic E-state index is 12.2. The lowest BCUT2D eigenvalue weighted by Crippen LogP contribution is -2.07. The average molecular weight is 395 g/mol. The van der Waals surface area contributed by atoms with E-state index in [-0.39, 0.29) is 23.1 Å². The molecule has 1 aliphatic heterocycles. The third kappa shape index (κ3) is 4.86. The first-order valence-corrected chi connectivity index (χ1v) is 8.53. The molecule has 0 amide bonds. The maximum Gasteiger partial charge on any atom is 0.363 e. The number of nitrogens with zero attached hydrogens (tertiary/aromatic N) is 1. The van der Waals surface area contributed by atoms with Gasteiger partial charge in [-0.05, 0) is 42.0 Å². The lowest BCUT2D eigenvalue weighted by Gasteiger charge is -2.09. The van der Waals surface area contributed by atoms with E-state index >= 15 is 0 Å². The van der Waals surface area contributed by atoms with Crippen LogP contribution >= 0.6 is 0 Å². The van der Waals surface area contributed by atoms with Crippen molar-refractivity contribution in [3.05, 3.63) is 59.3 Å². The van der Waals surface area contributed by atoms with Crippen LogP contribution in [0.5, 0.6) is 17.2 Å². The van der Waals surface area contributed by atoms with E-state index in [1.165, 1.54) is 39.2 Å². The van der Waals surface area contributed by atoms with Crippen LogP contribution < -0.4 is 14.2 Å². The van der Waals surface area contributed by atoms with Crippen molar-refractivity contribution in [2.75, 3.05) is 7.11 Å². The Morgan fingerprint density at radius 3 is 2.41 bits per heavy atom. The van der Waals surface area contributed by atoms with Gasteiger partial charge in [-0.1, -0.05) is 12.1 Å². The van der Waals surface area contributed by atoms with Gasteiger partial charge in [-0.15, -0.1) is 0 Å². The highest BCUT2D eigenvalue weighted by molar-refractivity contribution is 6.13. The monoisotopic (exact) mass is 395 g/mol. The molecule has 1 heterocycles. The minimum atomic E-state index is -0.624. The summed E-state index contributed by atoms with van der Waals surface area (Å²) < 4.78 is 20.5. The number of esters is 3. The van der Waals surface area contributed by atoms with Gasteiger partial charge in [0.1, 0.15) is 5.75 Å². The number of carbonyl (C=O) groups excluding carboxylic acids is 3. The number of rotatable bonds is 5. The third-order valence-corrected chi connectivity index (χ3v) is 3.72. The van der Waals surface area contributed by atoms with E-state index in [4.69, 9.17) is 18.9 Å². The molecule has 0 fully saturated rings. The molecule has 0 bridgehead atoms. The molecule has 3 rings (SSSR count). The van der Waals surface area contributed by atoms with Gasteiger partial charge in [0, 0.05) is 19.4 Å². The molecular formula is C21H17NO7. The van der Waals surface area contributed by atoms with Gasteiger partial charge in [-0.3, -0.25) is 9.59 Å². The number of hydrogen-bond donors (Lipinski definition) is 0. The molecule has 29 heavy (non-hydrogen) atoms. The SMILES string of the molecule is COc1cccc(C2=NC(=Cc3ccc(OC(C)=O)c(OC(C)=O)c3)C(=O)O2)c1. The number of ether oxygens (including phenoxy) is 4. The van der Waals surface area contributed by atoms with E-state index < -0.39 is 17.9 Å². The molecule has 0 saturated heterocycles. The Morgan fingerprint density at radius 2 is 1.72 bits per heavy atom. The third-order valence-electron chi connectivity index (χ3n) is 3.72. The zero-order valence-corrected chi connectivity index (χ0v) is 15.9. The summed E-state index contributed by atoms with van der Waals surface area (Å²) in [5.41, 5.74) is 1.16. The van der Waals surface area contributed by atoms with Crippen molar-refractivity contribution in [1.29, 1.82) is 0 Å². The minimum absolute atomic E-state index is 0.0467. The van der Waals surface area contributed by atoms with Crippen LogP contribution in [0.25, 0.3) is 6.08 Å². The Labute approximate surface area is 166 Å². The molecule has 0 saturated carbocycles. The highest BCUT2D eigenvalue weighted by Gasteiger charge is 2.24. The second-order valence-corrected chi connectivity index (χ2v) is 5.96. The fourth-order valence-corrected chi connectivity index (χ4v) is 2.53. The quantitative estimate of drug-likeness (QED) is 0.436. The highest BCUT2D eigenvalue weighted by Crippen LogP contribution is 2.30. The van der Waals surface area contributed by atoms with Gasteiger partial charge in [0.15, 0.2) is 17.2 Å². The molecule has 0 atom stereocenters. The smallest absolute Gasteiger partial charge is 0.363 e. The maximum atomic E-state index is 12.2. The topological polar surface area (TPSA) is 100 Å². The normalized spacial score (nSPS) is 14.2. The van der Waals surface area contributed by atoms with Crippen molar-refractivity contribution in [1.82, 2.24) is 0 Å². The van der Waals surface area contributed by atoms with Gasteiger partial charge in [-0.2, -0.15) is 0 Å². The number of methoxy groups -OCH3 is 1. The Bertz CT molecular complexity index is 1050. The first-order valence-electron chi connectivity index (χ1n) is 8.53. The summed E-state index contributed by atoms with van der Waals surface area (Å²) in [5.74, 6) is -0.878. The van der Waals surface area contributed by atoms with Crippen molar-refractivity contribution in [3.8, 4) is 17.2 Å². The Morgan fingerprint density at radius 1 is 1.00 bits per heavy atom. The number of cyclic esters (lactones) is 1. The van der Waals surface area contributed by atoms with Crippen molar-refractivity contribution in [3.63, 3.8) is 0 Å². The van der Waals surface area contributed by atoms with Crippen LogP contribution in [0.15, 0.2) is 53.2 Å². The molecule has 2 aromatic carbocycles. The van der Waals surface area contributed by atoms with Crippen LogP contribution in [0.1, 0.15) is 25.0 Å². The largest absolute Gasteiger partial charge is 0.497 e. The first kappa shape index (κ1) is 19.8. The zero-order chi connectivity index (χ0) is 21.0. The molecule has 8 nitrogen and oxygen atoms in total. The van der Waals surface area contributed by atoms with Gasteiger partial charge in [0.05, 0.1) is 7.11 Å². The van der Waals surface area contributed by atoms with Gasteiger partial charge in [0.2, 0.25) is 5.90 Å². The first-order chi connectivity index (χ1) is 13.9. The molecule has 0 radical (unpaired) electrons. The van der Waals surface area contributed by atoms with Gasteiger partial charge in [0.25, 0.3) is 0 Å². The Kier molecular flexibility index (Phi) is 5.73. The second kappa shape index (κ2) is 8.39. The second-order valence-electron chi connectivity index (χ2n) is 5.96. The number of benzene rings is 2. The van der Waals surface area contributed by atoms with E-state index in [9.17, 15) is 14.4 Å². The molecule has 0 N–H and O–H groups in total. The summed E-state index contributed by atoms with van der Waals surface area (Å²) in [6.07, 6.45) is 1.47. The Hall–Kier alpha value is -3.94. The van der Waals surface area contributed by atoms with Crippen LogP contribution in [0.2, 0.25) is 0 Å². The molecule has 0 aromatic heterocycles. The van der Waals surface area contributed by atoms with Crippen LogP contribution in [0, 0.1) is 0 Å². The van der Waals surface area contributed by atoms with E-state index in [1.807, 2.05) is 0 Å². The van der Waals surface area contributed by atoms with Gasteiger partial charge < -0.3 is 18.9 Å². The van der Waals surface area contributed by atoms with Crippen molar-refractivity contribution >= 4 is 29.9 Å². The van der Waals surface area contributed by atoms with Crippen LogP contribution in [0.3, 0.4) is 0 Å². The summed E-state index contributed by atoms with van der Waals surface area (Å²) in [7, 11) is 1.53. The fraction of sp³-hybridized carbons (Fsp3) is 0.143. The average Bonchev–Trinajstić information content (AvgIpc) is 3.03. The van der Waals surface area contributed by atoms with E-state index in [2.05, 4.69) is 4.99 Å². The summed E-state index contributed by atoms with van der Waals surface area (Å²) in [6.45, 7) is 2.46. The van der Waals surface area contributed by atoms with Crippen molar-refractivity contribution < 1.29 is 33.3 Å². The zero-order valence-electron chi connectivity index (χ0n) is 15.9. The van der Waals surface area contributed by atoms with Gasteiger partial charge in [-0.25, -0.2) is 9.79 Å². The lowest BCUT2D eigenvalue weighted by molar-refractivity contribution is -0.134. The number of hydrogen-bond acceptors (Lipinski definition) is 8. The molecule has 8 heteroatoms. The lowest BCUT2D eigenvalue weighted by atomic mass is 10.1. The molecule has 1 aliphatic rings. The fourth-order valence-electron chi connectivity index (χ4n) is 2.53. The Balaban J connectivity index is 1.93. The summed E-state index contributed by atoms with van der Waals surface area (Å²) >= 11 is 0. The number of aliphatic imine (C=N–C) groups is 1. The predicted octanol–water partition coefficient (Wildman–Crippen LogP) is 2.89.